The number of hydrogen-bond acceptors (Lipinski definition) is 5. The van der Waals surface area contributed by atoms with Gasteiger partial charge in [-0.25, -0.2) is 9.79 Å². The van der Waals surface area contributed by atoms with Crippen LogP contribution in [0.4, 0.5) is 5.69 Å². The molecule has 3 N–H and O–H groups in total. The number of ether oxygens (including phenoxy) is 1. The summed E-state index contributed by atoms with van der Waals surface area (Å²) in [5, 5.41) is 15.6. The number of methoxy groups -OCH3 is 1. The number of amides is 1. The number of carbonyl (C=O) groups excluding carboxylic acids is 1. The molecule has 9 heteroatoms. The molecule has 1 aliphatic rings. The van der Waals surface area contributed by atoms with Gasteiger partial charge in [-0.05, 0) is 37.1 Å². The Labute approximate surface area is 206 Å². The number of benzene rings is 2. The molecule has 3 rings (SSSR count). The second-order valence-electron chi connectivity index (χ2n) is 8.60. The highest BCUT2D eigenvalue weighted by Crippen LogP contribution is 2.14. The van der Waals surface area contributed by atoms with Crippen molar-refractivity contribution in [2.75, 3.05) is 58.3 Å². The Hall–Kier alpha value is -3.43. The highest BCUT2D eigenvalue weighted by atomic mass is 16.5. The molecule has 1 aliphatic heterocycles. The first kappa shape index (κ1) is 26.2. The van der Waals surface area contributed by atoms with Crippen LogP contribution in [-0.2, 0) is 16.1 Å². The molecule has 1 heterocycles. The summed E-state index contributed by atoms with van der Waals surface area (Å²) in [6.45, 7) is 7.03. The molecule has 1 saturated heterocycles. The summed E-state index contributed by atoms with van der Waals surface area (Å²) in [5.74, 6) is -0.260. The summed E-state index contributed by atoms with van der Waals surface area (Å²) in [4.78, 5) is 32.7. The SMILES string of the molecule is COCCCNC(=O)CN1CCN(C(=NCc2ccc(C)cc2)Nc2cccc(C(=O)O)c2)CC1. The summed E-state index contributed by atoms with van der Waals surface area (Å²) in [5.41, 5.74) is 3.18. The highest BCUT2D eigenvalue weighted by Gasteiger charge is 2.22. The zero-order valence-corrected chi connectivity index (χ0v) is 20.5. The van der Waals surface area contributed by atoms with E-state index in [0.29, 0.717) is 51.0 Å². The number of aliphatic imine (C=N–C) groups is 1. The Balaban J connectivity index is 1.63. The van der Waals surface area contributed by atoms with Crippen LogP contribution in [-0.4, -0.2) is 85.7 Å². The van der Waals surface area contributed by atoms with Gasteiger partial charge in [0.25, 0.3) is 0 Å². The molecular weight excluding hydrogens is 446 g/mol. The Kier molecular flexibility index (Phi) is 10.1. The third-order valence-corrected chi connectivity index (χ3v) is 5.78. The van der Waals surface area contributed by atoms with E-state index in [9.17, 15) is 14.7 Å². The fraction of sp³-hybridized carbons (Fsp3) is 0.423. The van der Waals surface area contributed by atoms with Crippen LogP contribution in [0.1, 0.15) is 27.9 Å². The standard InChI is InChI=1S/C26H35N5O4/c1-20-7-9-21(10-8-20)18-28-26(29-23-6-3-5-22(17-23)25(33)34)31-14-12-30(13-15-31)19-24(32)27-11-4-16-35-2/h3,5-10,17H,4,11-16,18-19H2,1-2H3,(H,27,32)(H,28,29)(H,33,34). The van der Waals surface area contributed by atoms with Gasteiger partial charge in [-0.1, -0.05) is 35.9 Å². The van der Waals surface area contributed by atoms with E-state index in [0.717, 1.165) is 25.1 Å². The fourth-order valence-electron chi connectivity index (χ4n) is 3.76. The second-order valence-corrected chi connectivity index (χ2v) is 8.60. The topological polar surface area (TPSA) is 107 Å². The van der Waals surface area contributed by atoms with Crippen molar-refractivity contribution >= 4 is 23.5 Å². The van der Waals surface area contributed by atoms with E-state index in [4.69, 9.17) is 9.73 Å². The van der Waals surface area contributed by atoms with E-state index in [-0.39, 0.29) is 11.5 Å². The molecule has 2 aromatic rings. The molecule has 0 aliphatic carbocycles. The first-order valence-corrected chi connectivity index (χ1v) is 11.9. The van der Waals surface area contributed by atoms with Gasteiger partial charge < -0.3 is 25.4 Å². The van der Waals surface area contributed by atoms with E-state index in [1.807, 2.05) is 6.07 Å². The van der Waals surface area contributed by atoms with Crippen LogP contribution in [0.5, 0.6) is 0 Å². The fourth-order valence-corrected chi connectivity index (χ4v) is 3.76. The quantitative estimate of drug-likeness (QED) is 0.272. The Morgan fingerprint density at radius 2 is 1.83 bits per heavy atom. The van der Waals surface area contributed by atoms with E-state index >= 15 is 0 Å². The monoisotopic (exact) mass is 481 g/mol. The van der Waals surface area contributed by atoms with Gasteiger partial charge in [0.15, 0.2) is 5.96 Å². The zero-order valence-electron chi connectivity index (χ0n) is 20.5. The number of aryl methyl sites for hydroxylation is 1. The van der Waals surface area contributed by atoms with E-state index in [2.05, 4.69) is 51.6 Å². The maximum absolute atomic E-state index is 12.2. The lowest BCUT2D eigenvalue weighted by Crippen LogP contribution is -2.52. The molecule has 0 saturated carbocycles. The lowest BCUT2D eigenvalue weighted by Gasteiger charge is -2.36. The Morgan fingerprint density at radius 3 is 2.51 bits per heavy atom. The largest absolute Gasteiger partial charge is 0.478 e. The van der Waals surface area contributed by atoms with Crippen molar-refractivity contribution in [3.8, 4) is 0 Å². The molecule has 0 unspecified atom stereocenters. The van der Waals surface area contributed by atoms with Gasteiger partial charge in [-0.15, -0.1) is 0 Å². The minimum Gasteiger partial charge on any atom is -0.478 e. The summed E-state index contributed by atoms with van der Waals surface area (Å²) in [6, 6.07) is 15.0. The Bertz CT molecular complexity index is 1000. The summed E-state index contributed by atoms with van der Waals surface area (Å²) >= 11 is 0. The van der Waals surface area contributed by atoms with Crippen molar-refractivity contribution in [3.63, 3.8) is 0 Å². The van der Waals surface area contributed by atoms with Gasteiger partial charge in [-0.2, -0.15) is 0 Å². The molecule has 35 heavy (non-hydrogen) atoms. The highest BCUT2D eigenvalue weighted by molar-refractivity contribution is 5.95. The molecule has 2 aromatic carbocycles. The Morgan fingerprint density at radius 1 is 1.09 bits per heavy atom. The summed E-state index contributed by atoms with van der Waals surface area (Å²) in [6.07, 6.45) is 0.797. The van der Waals surface area contributed by atoms with Gasteiger partial charge >= 0.3 is 5.97 Å². The number of anilines is 1. The minimum absolute atomic E-state index is 0.0198. The lowest BCUT2D eigenvalue weighted by atomic mass is 10.1. The van der Waals surface area contributed by atoms with Crippen molar-refractivity contribution in [1.29, 1.82) is 0 Å². The van der Waals surface area contributed by atoms with E-state index in [1.165, 1.54) is 5.56 Å². The van der Waals surface area contributed by atoms with Crippen molar-refractivity contribution in [1.82, 2.24) is 15.1 Å². The number of carbonyl (C=O) groups is 2. The third kappa shape index (κ3) is 8.70. The van der Waals surface area contributed by atoms with Crippen LogP contribution in [0.25, 0.3) is 0 Å². The van der Waals surface area contributed by atoms with Gasteiger partial charge in [0.2, 0.25) is 5.91 Å². The van der Waals surface area contributed by atoms with Crippen molar-refractivity contribution in [2.45, 2.75) is 19.9 Å². The zero-order chi connectivity index (χ0) is 25.0. The molecule has 0 spiro atoms. The minimum atomic E-state index is -0.971. The lowest BCUT2D eigenvalue weighted by molar-refractivity contribution is -0.122. The number of nitrogens with one attached hydrogen (secondary N) is 2. The average Bonchev–Trinajstić information content (AvgIpc) is 2.86. The number of rotatable bonds is 10. The van der Waals surface area contributed by atoms with Gasteiger partial charge in [0.1, 0.15) is 0 Å². The molecule has 9 nitrogen and oxygen atoms in total. The predicted molar refractivity (Wildman–Crippen MR) is 137 cm³/mol. The molecule has 0 aromatic heterocycles. The second kappa shape index (κ2) is 13.5. The van der Waals surface area contributed by atoms with Crippen LogP contribution < -0.4 is 10.6 Å². The van der Waals surface area contributed by atoms with Crippen LogP contribution in [0.15, 0.2) is 53.5 Å². The van der Waals surface area contributed by atoms with Gasteiger partial charge in [0.05, 0.1) is 18.7 Å². The van der Waals surface area contributed by atoms with Crippen LogP contribution in [0.2, 0.25) is 0 Å². The molecule has 1 fully saturated rings. The number of hydrogen-bond donors (Lipinski definition) is 3. The number of aromatic carboxylic acids is 1. The van der Waals surface area contributed by atoms with E-state index in [1.54, 1.807) is 25.3 Å². The molecule has 188 valence electrons. The number of carboxylic acids is 1. The van der Waals surface area contributed by atoms with E-state index < -0.39 is 5.97 Å². The predicted octanol–water partition coefficient (Wildman–Crippen LogP) is 2.43. The number of piperazine rings is 1. The van der Waals surface area contributed by atoms with Crippen molar-refractivity contribution in [2.24, 2.45) is 4.99 Å². The first-order chi connectivity index (χ1) is 16.9. The molecule has 0 radical (unpaired) electrons. The third-order valence-electron chi connectivity index (χ3n) is 5.78. The first-order valence-electron chi connectivity index (χ1n) is 11.9. The molecular formula is C26H35N5O4. The maximum Gasteiger partial charge on any atom is 0.335 e. The smallest absolute Gasteiger partial charge is 0.335 e. The number of guanidine groups is 1. The molecule has 1 amide bonds. The normalized spacial score (nSPS) is 14.6. The van der Waals surface area contributed by atoms with Gasteiger partial charge in [0, 0.05) is 52.1 Å². The average molecular weight is 482 g/mol. The van der Waals surface area contributed by atoms with Crippen molar-refractivity contribution in [3.05, 3.63) is 65.2 Å². The molecule has 0 bridgehead atoms. The summed E-state index contributed by atoms with van der Waals surface area (Å²) in [7, 11) is 1.65. The number of nitrogens with zero attached hydrogens (tertiary/aromatic N) is 3. The van der Waals surface area contributed by atoms with Gasteiger partial charge in [-0.3, -0.25) is 9.69 Å². The van der Waals surface area contributed by atoms with Crippen molar-refractivity contribution < 1.29 is 19.4 Å². The van der Waals surface area contributed by atoms with Crippen LogP contribution >= 0.6 is 0 Å². The number of carboxylic acid groups (broad SMARTS) is 1. The van der Waals surface area contributed by atoms with Crippen LogP contribution in [0.3, 0.4) is 0 Å². The molecule has 0 atom stereocenters. The summed E-state index contributed by atoms with van der Waals surface area (Å²) < 4.78 is 5.01. The maximum atomic E-state index is 12.2. The van der Waals surface area contributed by atoms with Crippen LogP contribution in [0, 0.1) is 6.92 Å².